The Balaban J connectivity index is 2.35. The second-order valence-corrected chi connectivity index (χ2v) is 4.83. The van der Waals surface area contributed by atoms with Gasteiger partial charge in [0.2, 0.25) is 5.91 Å². The van der Waals surface area contributed by atoms with Crippen LogP contribution in [0.1, 0.15) is 22.5 Å². The van der Waals surface area contributed by atoms with Gasteiger partial charge in [-0.25, -0.2) is 0 Å². The summed E-state index contributed by atoms with van der Waals surface area (Å²) in [6.45, 7) is 3.91. The molecule has 16 heavy (non-hydrogen) atoms. The summed E-state index contributed by atoms with van der Waals surface area (Å²) in [4.78, 5) is 23.4. The first-order chi connectivity index (χ1) is 7.63. The number of nitrogens with one attached hydrogen (secondary N) is 1. The van der Waals surface area contributed by atoms with Crippen LogP contribution in [0.3, 0.4) is 0 Å². The lowest BCUT2D eigenvalue weighted by Crippen LogP contribution is -2.23. The summed E-state index contributed by atoms with van der Waals surface area (Å²) in [5.74, 6) is -0.193. The standard InChI is InChI=1S/C11H12ClNO2S/c1-2-7-13-11(15)6-3-8(14)9-4-5-10(12)16-9/h2,4-5H,1,3,6-7H2,(H,13,15). The Kier molecular flexibility index (Phi) is 5.22. The fourth-order valence-electron chi connectivity index (χ4n) is 1.09. The molecule has 1 amide bonds. The van der Waals surface area contributed by atoms with E-state index in [-0.39, 0.29) is 24.5 Å². The Morgan fingerprint density at radius 3 is 2.75 bits per heavy atom. The van der Waals surface area contributed by atoms with Crippen molar-refractivity contribution in [3.8, 4) is 0 Å². The molecule has 1 aromatic heterocycles. The molecule has 0 aromatic carbocycles. The molecule has 0 bridgehead atoms. The fourth-order valence-corrected chi connectivity index (χ4v) is 2.10. The van der Waals surface area contributed by atoms with Crippen LogP contribution >= 0.6 is 22.9 Å². The Morgan fingerprint density at radius 1 is 1.44 bits per heavy atom. The van der Waals surface area contributed by atoms with Gasteiger partial charge in [0.15, 0.2) is 5.78 Å². The molecule has 1 N–H and O–H groups in total. The molecule has 0 aliphatic heterocycles. The number of rotatable bonds is 6. The van der Waals surface area contributed by atoms with Crippen molar-refractivity contribution >= 4 is 34.6 Å². The van der Waals surface area contributed by atoms with Crippen LogP contribution in [-0.4, -0.2) is 18.2 Å². The molecule has 1 heterocycles. The maximum atomic E-state index is 11.6. The molecular weight excluding hydrogens is 246 g/mol. The monoisotopic (exact) mass is 257 g/mol. The Hall–Kier alpha value is -1.13. The van der Waals surface area contributed by atoms with Gasteiger partial charge in [-0.2, -0.15) is 0 Å². The van der Waals surface area contributed by atoms with Gasteiger partial charge in [-0.15, -0.1) is 17.9 Å². The maximum absolute atomic E-state index is 11.6. The molecule has 0 radical (unpaired) electrons. The first kappa shape index (κ1) is 12.9. The normalized spacial score (nSPS) is 9.81. The van der Waals surface area contributed by atoms with E-state index >= 15 is 0 Å². The van der Waals surface area contributed by atoms with Gasteiger partial charge in [0, 0.05) is 19.4 Å². The molecule has 0 aliphatic carbocycles. The smallest absolute Gasteiger partial charge is 0.220 e. The van der Waals surface area contributed by atoms with Crippen molar-refractivity contribution in [2.45, 2.75) is 12.8 Å². The number of hydrogen-bond donors (Lipinski definition) is 1. The van der Waals surface area contributed by atoms with Crippen LogP contribution in [0.4, 0.5) is 0 Å². The zero-order valence-corrected chi connectivity index (χ0v) is 10.2. The Morgan fingerprint density at radius 2 is 2.19 bits per heavy atom. The molecule has 1 rings (SSSR count). The topological polar surface area (TPSA) is 46.2 Å². The average Bonchev–Trinajstić information content (AvgIpc) is 2.69. The number of Topliss-reactive ketones (excluding diaryl/α,β-unsaturated/α-hetero) is 1. The molecular formula is C11H12ClNO2S. The van der Waals surface area contributed by atoms with Crippen LogP contribution in [0.5, 0.6) is 0 Å². The third-order valence-corrected chi connectivity index (χ3v) is 3.14. The van der Waals surface area contributed by atoms with E-state index in [0.717, 1.165) is 0 Å². The molecule has 3 nitrogen and oxygen atoms in total. The van der Waals surface area contributed by atoms with E-state index in [1.807, 2.05) is 0 Å². The molecule has 0 saturated carbocycles. The van der Waals surface area contributed by atoms with Crippen LogP contribution in [-0.2, 0) is 4.79 Å². The predicted octanol–water partition coefficient (Wildman–Crippen LogP) is 2.67. The highest BCUT2D eigenvalue weighted by Crippen LogP contribution is 2.22. The number of hydrogen-bond acceptors (Lipinski definition) is 3. The minimum absolute atomic E-state index is 0.0503. The highest BCUT2D eigenvalue weighted by atomic mass is 35.5. The number of amides is 1. The van der Waals surface area contributed by atoms with Crippen LogP contribution in [0, 0.1) is 0 Å². The second kappa shape index (κ2) is 6.45. The van der Waals surface area contributed by atoms with E-state index in [9.17, 15) is 9.59 Å². The van der Waals surface area contributed by atoms with E-state index < -0.39 is 0 Å². The quantitative estimate of drug-likeness (QED) is 0.629. The van der Waals surface area contributed by atoms with Gasteiger partial charge < -0.3 is 5.32 Å². The van der Waals surface area contributed by atoms with Crippen molar-refractivity contribution in [2.24, 2.45) is 0 Å². The first-order valence-electron chi connectivity index (χ1n) is 4.79. The van der Waals surface area contributed by atoms with Gasteiger partial charge in [0.05, 0.1) is 9.21 Å². The van der Waals surface area contributed by atoms with E-state index in [4.69, 9.17) is 11.6 Å². The number of carbonyl (C=O) groups is 2. The van der Waals surface area contributed by atoms with Gasteiger partial charge in [-0.05, 0) is 12.1 Å². The first-order valence-corrected chi connectivity index (χ1v) is 5.99. The third kappa shape index (κ3) is 4.16. The summed E-state index contributed by atoms with van der Waals surface area (Å²) in [6, 6.07) is 3.36. The molecule has 0 spiro atoms. The minimum Gasteiger partial charge on any atom is -0.353 e. The SMILES string of the molecule is C=CCNC(=O)CCC(=O)c1ccc(Cl)s1. The van der Waals surface area contributed by atoms with E-state index in [2.05, 4.69) is 11.9 Å². The maximum Gasteiger partial charge on any atom is 0.220 e. The molecule has 1 aromatic rings. The summed E-state index contributed by atoms with van der Waals surface area (Å²) < 4.78 is 0.583. The highest BCUT2D eigenvalue weighted by Gasteiger charge is 2.10. The Labute approximate surface area is 103 Å². The largest absolute Gasteiger partial charge is 0.353 e. The van der Waals surface area contributed by atoms with Crippen molar-refractivity contribution in [3.05, 3.63) is 34.0 Å². The molecule has 86 valence electrons. The fraction of sp³-hybridized carbons (Fsp3) is 0.273. The number of halogens is 1. The summed E-state index contributed by atoms with van der Waals surface area (Å²) in [5.41, 5.74) is 0. The lowest BCUT2D eigenvalue weighted by Gasteiger charge is -2.00. The average molecular weight is 258 g/mol. The summed E-state index contributed by atoms with van der Waals surface area (Å²) in [7, 11) is 0. The second-order valence-electron chi connectivity index (χ2n) is 3.12. The molecule has 0 fully saturated rings. The summed E-state index contributed by atoms with van der Waals surface area (Å²) in [6.07, 6.45) is 2.00. The van der Waals surface area contributed by atoms with Gasteiger partial charge >= 0.3 is 0 Å². The third-order valence-electron chi connectivity index (χ3n) is 1.87. The van der Waals surface area contributed by atoms with Crippen LogP contribution in [0.15, 0.2) is 24.8 Å². The number of ketones is 1. The number of carbonyl (C=O) groups excluding carboxylic acids is 2. The zero-order valence-electron chi connectivity index (χ0n) is 8.66. The zero-order chi connectivity index (χ0) is 12.0. The van der Waals surface area contributed by atoms with Crippen molar-refractivity contribution in [2.75, 3.05) is 6.54 Å². The number of thiophene rings is 1. The van der Waals surface area contributed by atoms with Crippen molar-refractivity contribution in [1.82, 2.24) is 5.32 Å². The Bertz CT molecular complexity index is 400. The van der Waals surface area contributed by atoms with E-state index in [1.54, 1.807) is 18.2 Å². The van der Waals surface area contributed by atoms with Gasteiger partial charge in [-0.1, -0.05) is 17.7 Å². The summed E-state index contributed by atoms with van der Waals surface area (Å²) in [5, 5.41) is 2.61. The molecule has 0 aliphatic rings. The molecule has 5 heteroatoms. The molecule has 0 saturated heterocycles. The van der Waals surface area contributed by atoms with Gasteiger partial charge in [0.25, 0.3) is 0 Å². The van der Waals surface area contributed by atoms with E-state index in [1.165, 1.54) is 11.3 Å². The van der Waals surface area contributed by atoms with Crippen LogP contribution in [0.2, 0.25) is 4.34 Å². The lowest BCUT2D eigenvalue weighted by atomic mass is 10.2. The van der Waals surface area contributed by atoms with E-state index in [0.29, 0.717) is 15.8 Å². The van der Waals surface area contributed by atoms with Crippen LogP contribution in [0.25, 0.3) is 0 Å². The lowest BCUT2D eigenvalue weighted by molar-refractivity contribution is -0.120. The minimum atomic E-state index is -0.143. The van der Waals surface area contributed by atoms with Gasteiger partial charge in [0.1, 0.15) is 0 Å². The predicted molar refractivity (Wildman–Crippen MR) is 66.1 cm³/mol. The van der Waals surface area contributed by atoms with Crippen molar-refractivity contribution in [1.29, 1.82) is 0 Å². The molecule has 0 atom stereocenters. The summed E-state index contributed by atoms with van der Waals surface area (Å²) >= 11 is 6.95. The molecule has 0 unspecified atom stereocenters. The van der Waals surface area contributed by atoms with Crippen molar-refractivity contribution in [3.63, 3.8) is 0 Å². The van der Waals surface area contributed by atoms with Crippen molar-refractivity contribution < 1.29 is 9.59 Å². The van der Waals surface area contributed by atoms with Gasteiger partial charge in [-0.3, -0.25) is 9.59 Å². The highest BCUT2D eigenvalue weighted by molar-refractivity contribution is 7.18. The van der Waals surface area contributed by atoms with Crippen LogP contribution < -0.4 is 5.32 Å².